The van der Waals surface area contributed by atoms with Crippen molar-refractivity contribution in [2.24, 2.45) is 0 Å². The normalized spacial score (nSPS) is 19.8. The van der Waals surface area contributed by atoms with E-state index >= 15 is 0 Å². The van der Waals surface area contributed by atoms with Gasteiger partial charge in [0, 0.05) is 0 Å². The van der Waals surface area contributed by atoms with Crippen LogP contribution in [-0.4, -0.2) is 6.88 Å². The Morgan fingerprint density at radius 2 is 1.10 bits per heavy atom. The molecule has 2 aliphatic carbocycles. The molecule has 0 heterocycles. The van der Waals surface area contributed by atoms with Crippen LogP contribution in [0.3, 0.4) is 0 Å². The van der Waals surface area contributed by atoms with Gasteiger partial charge in [-0.2, -0.15) is 0 Å². The van der Waals surface area contributed by atoms with Crippen LogP contribution in [0.15, 0.2) is 47.5 Å². The summed E-state index contributed by atoms with van der Waals surface area (Å²) in [5.74, 6) is 0. The van der Waals surface area contributed by atoms with Gasteiger partial charge in [-0.05, 0) is 0 Å². The molecule has 2 unspecified atom stereocenters. The zero-order chi connectivity index (χ0) is 20.3. The van der Waals surface area contributed by atoms with Crippen molar-refractivity contribution in [1.82, 2.24) is 0 Å². The molecule has 0 fully saturated rings. The van der Waals surface area contributed by atoms with Gasteiger partial charge in [-0.3, -0.25) is 9.41 Å². The number of halogens is 2. The molecule has 2 aromatic rings. The van der Waals surface area contributed by atoms with Crippen molar-refractivity contribution in [3.63, 3.8) is 0 Å². The average molecular weight is 506 g/mol. The smallest absolute Gasteiger partial charge is 0.269 e. The van der Waals surface area contributed by atoms with E-state index < -0.39 is 17.4 Å². The summed E-state index contributed by atoms with van der Waals surface area (Å²) < 4.78 is 6.74. The predicted molar refractivity (Wildman–Crippen MR) is 130 cm³/mol. The minimum Gasteiger partial charge on any atom is -0.269 e. The molecular weight excluding hydrogens is 470 g/mol. The summed E-state index contributed by atoms with van der Waals surface area (Å²) in [6.07, 6.45) is 7.28. The van der Waals surface area contributed by atoms with Crippen LogP contribution < -0.4 is 0 Å². The van der Waals surface area contributed by atoms with Gasteiger partial charge in [0.05, 0.1) is 0 Å². The van der Waals surface area contributed by atoms with E-state index in [0.717, 1.165) is 12.8 Å². The Hall–Kier alpha value is -1.12. The molecule has 2 aliphatic rings. The molecule has 0 aliphatic heterocycles. The molecule has 0 nitrogen and oxygen atoms in total. The van der Waals surface area contributed by atoms with Crippen LogP contribution in [-0.2, 0) is 30.2 Å². The molecule has 0 aromatic heterocycles. The minimum absolute atomic E-state index is 0. The first-order valence-corrected chi connectivity index (χ1v) is 24.5. The van der Waals surface area contributed by atoms with E-state index in [4.69, 9.17) is 0 Å². The second-order valence-corrected chi connectivity index (χ2v) is 40.6. The van der Waals surface area contributed by atoms with Crippen molar-refractivity contribution in [3.8, 4) is 0 Å². The molecule has 30 heavy (non-hydrogen) atoms. The number of aryl methyl sites for hydroxylation is 2. The Morgan fingerprint density at radius 1 is 0.733 bits per heavy atom. The maximum Gasteiger partial charge on any atom is -0.269 e. The summed E-state index contributed by atoms with van der Waals surface area (Å²) in [6, 6.07) is 14.1. The van der Waals surface area contributed by atoms with Gasteiger partial charge < -0.3 is 0 Å². The molecule has 2 atom stereocenters. The Balaban J connectivity index is 0.00000160. The maximum absolute atomic E-state index is 3.26. The average Bonchev–Trinajstić information content (AvgIpc) is 3.17. The third-order valence-corrected chi connectivity index (χ3v) is 25.3. The quantitative estimate of drug-likeness (QED) is 0.390. The van der Waals surface area contributed by atoms with E-state index in [-0.39, 0.29) is 9.41 Å². The fourth-order valence-corrected chi connectivity index (χ4v) is 27.8. The summed E-state index contributed by atoms with van der Waals surface area (Å²) in [6.45, 7) is 11.8. The Kier molecular flexibility index (Phi) is 7.07. The van der Waals surface area contributed by atoms with Crippen molar-refractivity contribution in [2.45, 2.75) is 57.1 Å². The fraction of sp³-hybridized carbons (Fsp3) is 0.385. The van der Waals surface area contributed by atoms with Crippen LogP contribution in [0.1, 0.15) is 68.3 Å². The second kappa shape index (κ2) is 8.43. The number of fused-ring (bicyclic) bond motifs is 2. The van der Waals surface area contributed by atoms with Crippen LogP contribution in [0.25, 0.3) is 12.2 Å². The number of benzene rings is 2. The largest absolute Gasteiger partial charge is 0.269 e. The van der Waals surface area contributed by atoms with Crippen molar-refractivity contribution in [2.75, 3.05) is 0 Å². The van der Waals surface area contributed by atoms with Gasteiger partial charge >= 0.3 is 174 Å². The number of rotatable bonds is 4. The predicted octanol–water partition coefficient (Wildman–Crippen LogP) is 7.07. The fourth-order valence-electron chi connectivity index (χ4n) is 6.53. The molecule has 0 spiro atoms. The topological polar surface area (TPSA) is 0 Å². The Bertz CT molecular complexity index is 1020. The molecule has 162 valence electrons. The SMILES string of the molecule is CCc1cccc2c1C=C(C)[CH]2[Zr]([CH3])([CH3])(=[SiH2])[CH]1C(C)=Cc2c(CC)cccc21.F.F. The molecule has 0 radical (unpaired) electrons. The standard InChI is InChI=1S/2C12H13.2CH3.2FH.H2Si.Zr/c2*1-3-10-5-4-6-11-7-9(2)8-12(10)11;;;;;;/h2*4-8H,3H2,1-2H3;2*1H3;2*1H;1H2;. The van der Waals surface area contributed by atoms with E-state index in [2.05, 4.69) is 92.4 Å². The summed E-state index contributed by atoms with van der Waals surface area (Å²) in [4.78, 5) is 0. The number of hydrogen-bond donors (Lipinski definition) is 0. The minimum atomic E-state index is -3.26. The first kappa shape index (κ1) is 25.1. The molecule has 4 rings (SSSR count). The first-order valence-electron chi connectivity index (χ1n) is 10.8. The molecule has 0 amide bonds. The zero-order valence-corrected chi connectivity index (χ0v) is 23.1. The van der Waals surface area contributed by atoms with Crippen molar-refractivity contribution >= 4 is 19.0 Å². The van der Waals surface area contributed by atoms with E-state index in [1.54, 1.807) is 22.3 Å². The van der Waals surface area contributed by atoms with Crippen LogP contribution >= 0.6 is 0 Å². The summed E-state index contributed by atoms with van der Waals surface area (Å²) >= 11 is -3.26. The Morgan fingerprint density at radius 3 is 1.43 bits per heavy atom. The second-order valence-electron chi connectivity index (χ2n) is 10.1. The van der Waals surface area contributed by atoms with Crippen LogP contribution in [0.5, 0.6) is 0 Å². The maximum atomic E-state index is 2.73. The van der Waals surface area contributed by atoms with Gasteiger partial charge in [-0.25, -0.2) is 0 Å². The van der Waals surface area contributed by atoms with E-state index in [1.165, 1.54) is 22.3 Å². The van der Waals surface area contributed by atoms with Crippen LogP contribution in [0.4, 0.5) is 9.41 Å². The van der Waals surface area contributed by atoms with E-state index in [1.807, 2.05) is 0 Å². The van der Waals surface area contributed by atoms with Gasteiger partial charge in [-0.1, -0.05) is 0 Å². The van der Waals surface area contributed by atoms with Crippen LogP contribution in [0.2, 0.25) is 9.26 Å². The van der Waals surface area contributed by atoms with Crippen LogP contribution in [0, 0.1) is 0 Å². The van der Waals surface area contributed by atoms with Gasteiger partial charge in [0.25, 0.3) is 0 Å². The summed E-state index contributed by atoms with van der Waals surface area (Å²) in [5, 5.41) is 0. The van der Waals surface area contributed by atoms with Crippen molar-refractivity contribution in [3.05, 3.63) is 80.9 Å². The van der Waals surface area contributed by atoms with Gasteiger partial charge in [0.2, 0.25) is 0 Å². The van der Waals surface area contributed by atoms with Crippen molar-refractivity contribution in [1.29, 1.82) is 0 Å². The third kappa shape index (κ3) is 3.58. The Labute approximate surface area is 183 Å². The molecule has 2 aromatic carbocycles. The number of hydrogen-bond acceptors (Lipinski definition) is 0. The van der Waals surface area contributed by atoms with E-state index in [9.17, 15) is 0 Å². The van der Waals surface area contributed by atoms with Gasteiger partial charge in [-0.15, -0.1) is 0 Å². The zero-order valence-electron chi connectivity index (χ0n) is 19.2. The van der Waals surface area contributed by atoms with Gasteiger partial charge in [0.1, 0.15) is 0 Å². The molecular formula is C26H36F2SiZr. The molecule has 0 saturated heterocycles. The summed E-state index contributed by atoms with van der Waals surface area (Å²) in [5.41, 5.74) is 12.5. The first-order chi connectivity index (χ1) is 13.2. The third-order valence-electron chi connectivity index (χ3n) is 7.40. The molecule has 0 N–H and O–H groups in total. The summed E-state index contributed by atoms with van der Waals surface area (Å²) in [7, 11) is 0. The van der Waals surface area contributed by atoms with Gasteiger partial charge in [0.15, 0.2) is 0 Å². The number of allylic oxidation sites excluding steroid dienone is 2. The molecule has 4 heteroatoms. The monoisotopic (exact) mass is 504 g/mol. The van der Waals surface area contributed by atoms with Crippen molar-refractivity contribution < 1.29 is 26.8 Å². The molecule has 0 bridgehead atoms. The van der Waals surface area contributed by atoms with E-state index in [0.29, 0.717) is 7.25 Å². The molecule has 0 saturated carbocycles.